The molecule has 2 saturated heterocycles. The van der Waals surface area contributed by atoms with Gasteiger partial charge in [-0.15, -0.1) is 0 Å². The first-order chi connectivity index (χ1) is 33.1. The number of benzene rings is 6. The van der Waals surface area contributed by atoms with Crippen molar-refractivity contribution in [3.63, 3.8) is 0 Å². The fraction of sp³-hybridized carbons (Fsp3) is 0.259. The molecule has 0 unspecified atom stereocenters. The molecule has 68 heavy (non-hydrogen) atoms. The van der Waals surface area contributed by atoms with Crippen LogP contribution in [0.25, 0.3) is 55.1 Å². The Balaban J connectivity index is 0.778. The number of piperidine rings is 2. The van der Waals surface area contributed by atoms with E-state index in [-0.39, 0.29) is 36.0 Å². The number of ether oxygens (including phenoxy) is 1. The van der Waals surface area contributed by atoms with Gasteiger partial charge in [0.05, 0.1) is 41.3 Å². The number of carbonyl (C=O) groups excluding carboxylic acids is 3. The predicted octanol–water partition coefficient (Wildman–Crippen LogP) is 9.70. The molecule has 8 aromatic rings. The van der Waals surface area contributed by atoms with E-state index in [1.165, 1.54) is 14.2 Å². The molecule has 0 radical (unpaired) electrons. The van der Waals surface area contributed by atoms with Crippen LogP contribution in [0.4, 0.5) is 9.59 Å². The lowest BCUT2D eigenvalue weighted by Crippen LogP contribution is -2.44. The van der Waals surface area contributed by atoms with E-state index in [9.17, 15) is 24.3 Å². The molecule has 4 aliphatic rings. The molecule has 6 aromatic carbocycles. The summed E-state index contributed by atoms with van der Waals surface area (Å²) in [4.78, 5) is 75.2. The Hall–Kier alpha value is -8.00. The summed E-state index contributed by atoms with van der Waals surface area (Å²) >= 11 is 0. The van der Waals surface area contributed by atoms with Crippen LogP contribution in [0.5, 0.6) is 0 Å². The summed E-state index contributed by atoms with van der Waals surface area (Å²) in [5.41, 5.74) is 8.91. The molecular weight excluding hydrogens is 857 g/mol. The minimum Gasteiger partial charge on any atom is -0.465 e. The van der Waals surface area contributed by atoms with E-state index in [4.69, 9.17) is 14.7 Å². The molecule has 2 aliphatic heterocycles. The highest BCUT2D eigenvalue weighted by Crippen LogP contribution is 2.55. The lowest BCUT2D eigenvalue weighted by molar-refractivity contribution is -0.138. The number of imidazole rings is 2. The molecule has 12 rings (SSSR count). The fourth-order valence-corrected chi connectivity index (χ4v) is 11.1. The van der Waals surface area contributed by atoms with Crippen molar-refractivity contribution in [1.29, 1.82) is 0 Å². The van der Waals surface area contributed by atoms with E-state index in [1.54, 1.807) is 12.1 Å². The Bertz CT molecular complexity index is 3320. The molecule has 4 amide bonds. The number of hydrogen-bond donors (Lipinski definition) is 4. The van der Waals surface area contributed by atoms with Gasteiger partial charge in [-0.1, -0.05) is 97.1 Å². The third-order valence-corrected chi connectivity index (χ3v) is 14.7. The maximum absolute atomic E-state index is 14.3. The van der Waals surface area contributed by atoms with Crippen LogP contribution in [0.15, 0.2) is 133 Å². The van der Waals surface area contributed by atoms with Crippen LogP contribution < -0.4 is 5.32 Å². The Morgan fingerprint density at radius 2 is 1.10 bits per heavy atom. The number of rotatable bonds is 10. The number of fused-ring (bicyclic) bond motifs is 5. The zero-order valence-corrected chi connectivity index (χ0v) is 37.4. The van der Waals surface area contributed by atoms with Crippen molar-refractivity contribution in [3.05, 3.63) is 156 Å². The third kappa shape index (κ3) is 7.18. The predicted molar refractivity (Wildman–Crippen MR) is 256 cm³/mol. The second kappa shape index (κ2) is 16.1. The topological polar surface area (TPSA) is 177 Å². The number of likely N-dealkylation sites (N-methyl/N-ethyl adjacent to an activating group) is 1. The first-order valence-electron chi connectivity index (χ1n) is 23.2. The van der Waals surface area contributed by atoms with Gasteiger partial charge >= 0.3 is 12.2 Å². The van der Waals surface area contributed by atoms with Crippen LogP contribution in [0.2, 0.25) is 0 Å². The minimum absolute atomic E-state index is 0.0696. The van der Waals surface area contributed by atoms with Crippen molar-refractivity contribution < 1.29 is 29.0 Å². The lowest BCUT2D eigenvalue weighted by atomic mass is 9.97. The Labute approximate surface area is 390 Å². The molecule has 2 saturated carbocycles. The molecule has 8 atom stereocenters. The molecule has 0 spiro atoms. The smallest absolute Gasteiger partial charge is 0.407 e. The molecule has 0 bridgehead atoms. The van der Waals surface area contributed by atoms with Gasteiger partial charge < -0.3 is 34.9 Å². The maximum Gasteiger partial charge on any atom is 0.407 e. The van der Waals surface area contributed by atoms with Crippen LogP contribution in [0.1, 0.15) is 72.6 Å². The second-order valence-electron chi connectivity index (χ2n) is 18.8. The zero-order valence-electron chi connectivity index (χ0n) is 37.4. The van der Waals surface area contributed by atoms with E-state index in [1.807, 2.05) is 70.5 Å². The van der Waals surface area contributed by atoms with E-state index < -0.39 is 24.3 Å². The van der Waals surface area contributed by atoms with Crippen LogP contribution in [-0.4, -0.2) is 90.0 Å². The molecular formula is C54H48N8O6. The summed E-state index contributed by atoms with van der Waals surface area (Å²) in [7, 11) is 2.75. The third-order valence-electron chi connectivity index (χ3n) is 14.7. The zero-order chi connectivity index (χ0) is 46.4. The number of likely N-dealkylation sites (tertiary alicyclic amines) is 2. The Morgan fingerprint density at radius 3 is 1.60 bits per heavy atom. The number of methoxy groups -OCH3 is 1. The maximum atomic E-state index is 14.3. The van der Waals surface area contributed by atoms with Gasteiger partial charge in [0.15, 0.2) is 0 Å². The molecule has 2 aliphatic carbocycles. The number of aromatic amines is 2. The van der Waals surface area contributed by atoms with Gasteiger partial charge in [-0.05, 0) is 118 Å². The fourth-order valence-electron chi connectivity index (χ4n) is 11.1. The number of alkyl carbamates (subject to hydrolysis) is 1. The Kier molecular flexibility index (Phi) is 9.82. The normalized spacial score (nSPS) is 22.1. The molecule has 14 nitrogen and oxygen atoms in total. The molecule has 340 valence electrons. The SMILES string of the molecule is COC(=O)N[C@H](C(=O)N1[C@@H]2C[C@H]2C[C@H]1c1nc2ccc(-c3ccc4cc(-c5ccc6nc([C@@H]7C[C@H]8C[C@H]8N7C(=O)[C@@H](c7ccccc7)N(C)C(=O)O)[nH]c6c5)ccc4c3)cc2[nH]1)c1ccccc1. The molecule has 4 N–H and O–H groups in total. The summed E-state index contributed by atoms with van der Waals surface area (Å²) in [6.45, 7) is 0. The average Bonchev–Trinajstić information content (AvgIpc) is 4.02. The van der Waals surface area contributed by atoms with Gasteiger partial charge in [0, 0.05) is 19.1 Å². The molecule has 4 fully saturated rings. The summed E-state index contributed by atoms with van der Waals surface area (Å²) < 4.78 is 4.90. The number of carboxylic acid groups (broad SMARTS) is 1. The summed E-state index contributed by atoms with van der Waals surface area (Å²) in [6, 6.07) is 41.5. The standard InChI is InChI=1S/C54H48N8O6/c1-60(54(66)67)48(30-11-7-4-8-12-30)52(64)62-44-26-38(44)28-46(62)50-56-40-20-18-36(24-42(40)58-50)34-16-14-31-21-33(15-13-32(31)22-34)35-17-19-39-41(23-35)57-49(55-39)45-27-37-25-43(37)61(45)51(63)47(59-53(65)68-2)29-9-5-3-6-10-29/h3-24,37-38,43-48H,25-28H2,1-2H3,(H,55,57)(H,56,58)(H,59,65)(H,66,67)/t37-,38+,43+,44+,45-,46-,47-,48+/m0/s1. The van der Waals surface area contributed by atoms with Gasteiger partial charge in [-0.25, -0.2) is 19.6 Å². The number of amides is 4. The van der Waals surface area contributed by atoms with Crippen molar-refractivity contribution in [1.82, 2.24) is 40.0 Å². The number of aromatic nitrogens is 4. The van der Waals surface area contributed by atoms with Crippen molar-refractivity contribution in [2.75, 3.05) is 14.2 Å². The highest BCUT2D eigenvalue weighted by atomic mass is 16.5. The first kappa shape index (κ1) is 41.4. The second-order valence-corrected chi connectivity index (χ2v) is 18.8. The Morgan fingerprint density at radius 1 is 0.632 bits per heavy atom. The van der Waals surface area contributed by atoms with E-state index in [0.717, 1.165) is 91.5 Å². The summed E-state index contributed by atoms with van der Waals surface area (Å²) in [6.07, 6.45) is 1.62. The quantitative estimate of drug-likeness (QED) is 0.105. The first-order valence-corrected chi connectivity index (χ1v) is 23.2. The van der Waals surface area contributed by atoms with Gasteiger partial charge in [0.1, 0.15) is 23.7 Å². The lowest BCUT2D eigenvalue weighted by Gasteiger charge is -2.33. The summed E-state index contributed by atoms with van der Waals surface area (Å²) in [5.74, 6) is 1.82. The van der Waals surface area contributed by atoms with Crippen molar-refractivity contribution >= 4 is 56.8 Å². The van der Waals surface area contributed by atoms with Crippen molar-refractivity contribution in [2.24, 2.45) is 11.8 Å². The van der Waals surface area contributed by atoms with Crippen LogP contribution in [0.3, 0.4) is 0 Å². The van der Waals surface area contributed by atoms with Crippen molar-refractivity contribution in [3.8, 4) is 22.3 Å². The van der Waals surface area contributed by atoms with E-state index >= 15 is 0 Å². The average molecular weight is 905 g/mol. The number of carbonyl (C=O) groups is 4. The van der Waals surface area contributed by atoms with E-state index in [0.29, 0.717) is 28.8 Å². The van der Waals surface area contributed by atoms with Crippen molar-refractivity contribution in [2.45, 2.75) is 61.9 Å². The number of H-pyrrole nitrogens is 2. The van der Waals surface area contributed by atoms with Crippen LogP contribution in [0, 0.1) is 11.8 Å². The summed E-state index contributed by atoms with van der Waals surface area (Å²) in [5, 5.41) is 14.9. The number of hydrogen-bond acceptors (Lipinski definition) is 7. The number of nitrogens with zero attached hydrogens (tertiary/aromatic N) is 5. The highest BCUT2D eigenvalue weighted by Gasteiger charge is 2.57. The van der Waals surface area contributed by atoms with Gasteiger partial charge in [-0.2, -0.15) is 0 Å². The minimum atomic E-state index is -1.16. The largest absolute Gasteiger partial charge is 0.465 e. The van der Waals surface area contributed by atoms with Crippen LogP contribution in [-0.2, 0) is 14.3 Å². The van der Waals surface area contributed by atoms with Gasteiger partial charge in [0.2, 0.25) is 0 Å². The number of nitrogens with one attached hydrogen (secondary N) is 3. The van der Waals surface area contributed by atoms with E-state index in [2.05, 4.69) is 75.9 Å². The highest BCUT2D eigenvalue weighted by molar-refractivity contribution is 5.94. The molecule has 2 aromatic heterocycles. The van der Waals surface area contributed by atoms with Gasteiger partial charge in [-0.3, -0.25) is 14.5 Å². The van der Waals surface area contributed by atoms with Gasteiger partial charge in [0.25, 0.3) is 11.8 Å². The monoisotopic (exact) mass is 904 g/mol. The molecule has 14 heteroatoms. The molecule has 4 heterocycles. The van der Waals surface area contributed by atoms with Crippen LogP contribution >= 0.6 is 0 Å².